The fourth-order valence-corrected chi connectivity index (χ4v) is 3.89. The molecule has 3 unspecified atom stereocenters. The molecule has 0 radical (unpaired) electrons. The number of halogens is 1. The van der Waals surface area contributed by atoms with Gasteiger partial charge in [0, 0.05) is 18.7 Å². The molecular weight excluding hydrogens is 300 g/mol. The number of ether oxygens (including phenoxy) is 1. The molecule has 0 spiro atoms. The molecule has 2 fully saturated rings. The van der Waals surface area contributed by atoms with Crippen molar-refractivity contribution in [3.63, 3.8) is 0 Å². The summed E-state index contributed by atoms with van der Waals surface area (Å²) in [5.74, 6) is 3.23. The minimum atomic E-state index is 0. The first-order valence-corrected chi connectivity index (χ1v) is 7.97. The number of anilines is 1. The van der Waals surface area contributed by atoms with E-state index in [1.54, 1.807) is 0 Å². The van der Waals surface area contributed by atoms with E-state index >= 15 is 0 Å². The fraction of sp³-hybridized carbons (Fsp3) is 0.588. The van der Waals surface area contributed by atoms with Gasteiger partial charge in [-0.2, -0.15) is 0 Å². The molecule has 1 amide bonds. The first kappa shape index (κ1) is 17.1. The maximum absolute atomic E-state index is 12.1. The molecule has 2 aliphatic rings. The topological polar surface area (TPSA) is 64.3 Å². The van der Waals surface area contributed by atoms with Crippen molar-refractivity contribution in [1.82, 2.24) is 0 Å². The maximum Gasteiger partial charge on any atom is 0.224 e. The average molecular weight is 325 g/mol. The van der Waals surface area contributed by atoms with Gasteiger partial charge in [-0.1, -0.05) is 6.42 Å². The number of rotatable bonds is 6. The minimum absolute atomic E-state index is 0. The van der Waals surface area contributed by atoms with Gasteiger partial charge < -0.3 is 15.8 Å². The van der Waals surface area contributed by atoms with Crippen LogP contribution in [0.5, 0.6) is 5.75 Å². The summed E-state index contributed by atoms with van der Waals surface area (Å²) < 4.78 is 5.42. The Kier molecular flexibility index (Phi) is 6.09. The van der Waals surface area contributed by atoms with Gasteiger partial charge in [-0.3, -0.25) is 4.79 Å². The lowest BCUT2D eigenvalue weighted by molar-refractivity contribution is -0.117. The number of nitrogens with two attached hydrogens (primary N) is 1. The van der Waals surface area contributed by atoms with Crippen molar-refractivity contribution in [3.8, 4) is 5.75 Å². The summed E-state index contributed by atoms with van der Waals surface area (Å²) in [5, 5.41) is 2.99. The highest BCUT2D eigenvalue weighted by Gasteiger charge is 2.40. The lowest BCUT2D eigenvalue weighted by Gasteiger charge is -2.20. The molecule has 2 aliphatic carbocycles. The summed E-state index contributed by atoms with van der Waals surface area (Å²) >= 11 is 0. The zero-order chi connectivity index (χ0) is 14.7. The monoisotopic (exact) mass is 324 g/mol. The molecule has 0 aromatic heterocycles. The van der Waals surface area contributed by atoms with Crippen molar-refractivity contribution < 1.29 is 9.53 Å². The van der Waals surface area contributed by atoms with Crippen LogP contribution in [0.2, 0.25) is 0 Å². The zero-order valence-corrected chi connectivity index (χ0v) is 13.6. The van der Waals surface area contributed by atoms with E-state index in [4.69, 9.17) is 10.5 Å². The molecule has 4 nitrogen and oxygen atoms in total. The average Bonchev–Trinajstić information content (AvgIpc) is 3.09. The fourth-order valence-electron chi connectivity index (χ4n) is 3.89. The van der Waals surface area contributed by atoms with E-state index in [1.165, 1.54) is 25.7 Å². The lowest BCUT2D eigenvalue weighted by Crippen LogP contribution is -2.20. The Morgan fingerprint density at radius 2 is 2.00 bits per heavy atom. The van der Waals surface area contributed by atoms with Gasteiger partial charge in [0.2, 0.25) is 5.91 Å². The summed E-state index contributed by atoms with van der Waals surface area (Å²) in [5.41, 5.74) is 6.23. The van der Waals surface area contributed by atoms with E-state index in [0.29, 0.717) is 25.5 Å². The summed E-state index contributed by atoms with van der Waals surface area (Å²) in [6.07, 6.45) is 5.99. The third kappa shape index (κ3) is 4.14. The Morgan fingerprint density at radius 1 is 1.23 bits per heavy atom. The molecule has 122 valence electrons. The van der Waals surface area contributed by atoms with Gasteiger partial charge in [-0.15, -0.1) is 12.4 Å². The zero-order valence-electron chi connectivity index (χ0n) is 12.8. The first-order chi connectivity index (χ1) is 10.2. The number of carbonyl (C=O) groups is 1. The third-order valence-corrected chi connectivity index (χ3v) is 4.86. The van der Waals surface area contributed by atoms with Crippen molar-refractivity contribution in [2.45, 2.75) is 32.1 Å². The van der Waals surface area contributed by atoms with Crippen molar-refractivity contribution in [2.75, 3.05) is 18.5 Å². The van der Waals surface area contributed by atoms with Crippen molar-refractivity contribution in [3.05, 3.63) is 24.3 Å². The van der Waals surface area contributed by atoms with Gasteiger partial charge in [0.15, 0.2) is 0 Å². The van der Waals surface area contributed by atoms with Crippen LogP contribution in [0.1, 0.15) is 32.1 Å². The highest BCUT2D eigenvalue weighted by molar-refractivity contribution is 5.90. The molecule has 1 aromatic rings. The van der Waals surface area contributed by atoms with Crippen LogP contribution in [0.4, 0.5) is 5.69 Å². The first-order valence-electron chi connectivity index (χ1n) is 7.97. The normalized spacial score (nSPS) is 25.6. The predicted octanol–water partition coefficient (Wildman–Crippen LogP) is 3.21. The molecule has 3 rings (SSSR count). The number of fused-ring (bicyclic) bond motifs is 2. The van der Waals surface area contributed by atoms with Gasteiger partial charge in [0.25, 0.3) is 0 Å². The van der Waals surface area contributed by atoms with Crippen molar-refractivity contribution in [2.24, 2.45) is 23.5 Å². The number of hydrogen-bond donors (Lipinski definition) is 2. The van der Waals surface area contributed by atoms with Crippen LogP contribution in [0.3, 0.4) is 0 Å². The largest absolute Gasteiger partial charge is 0.492 e. The lowest BCUT2D eigenvalue weighted by atomic mass is 9.86. The number of hydrogen-bond acceptors (Lipinski definition) is 3. The molecule has 0 saturated heterocycles. The van der Waals surface area contributed by atoms with Gasteiger partial charge >= 0.3 is 0 Å². The molecule has 22 heavy (non-hydrogen) atoms. The summed E-state index contributed by atoms with van der Waals surface area (Å²) in [6.45, 7) is 1.01. The Morgan fingerprint density at radius 3 is 2.59 bits per heavy atom. The smallest absolute Gasteiger partial charge is 0.224 e. The van der Waals surface area contributed by atoms with Crippen LogP contribution in [0.25, 0.3) is 0 Å². The van der Waals surface area contributed by atoms with E-state index in [1.807, 2.05) is 24.3 Å². The second kappa shape index (κ2) is 7.84. The second-order valence-corrected chi connectivity index (χ2v) is 6.35. The Balaban J connectivity index is 0.00000176. The van der Waals surface area contributed by atoms with Crippen molar-refractivity contribution in [1.29, 1.82) is 0 Å². The third-order valence-electron chi connectivity index (χ3n) is 4.86. The SMILES string of the molecule is Cl.NCCOc1ccc(NC(=O)CC2CC3CCC2C3)cc1. The molecule has 1 aromatic carbocycles. The molecule has 2 saturated carbocycles. The van der Waals surface area contributed by atoms with Crippen molar-refractivity contribution >= 4 is 24.0 Å². The van der Waals surface area contributed by atoms with Gasteiger partial charge in [0.1, 0.15) is 12.4 Å². The molecular formula is C17H25ClN2O2. The molecule has 0 aliphatic heterocycles. The van der Waals surface area contributed by atoms with Crippen LogP contribution in [-0.2, 0) is 4.79 Å². The van der Waals surface area contributed by atoms with Crippen LogP contribution in [0, 0.1) is 17.8 Å². The van der Waals surface area contributed by atoms with E-state index < -0.39 is 0 Å². The standard InChI is InChI=1S/C17H24N2O2.ClH/c18-7-8-21-16-5-3-15(4-6-16)19-17(20)11-14-10-12-1-2-13(14)9-12;/h3-6,12-14H,1-2,7-11,18H2,(H,19,20);1H. The molecule has 3 atom stereocenters. The molecule has 0 heterocycles. The van der Waals surface area contributed by atoms with Crippen LogP contribution >= 0.6 is 12.4 Å². The summed E-state index contributed by atoms with van der Waals surface area (Å²) in [6, 6.07) is 7.49. The van der Waals surface area contributed by atoms with Gasteiger partial charge in [-0.25, -0.2) is 0 Å². The number of carbonyl (C=O) groups excluding carboxylic acids is 1. The predicted molar refractivity (Wildman–Crippen MR) is 90.4 cm³/mol. The Hall–Kier alpha value is -1.26. The van der Waals surface area contributed by atoms with Crippen LogP contribution in [0.15, 0.2) is 24.3 Å². The highest BCUT2D eigenvalue weighted by atomic mass is 35.5. The number of amides is 1. The molecule has 5 heteroatoms. The summed E-state index contributed by atoms with van der Waals surface area (Å²) in [4.78, 5) is 12.1. The van der Waals surface area contributed by atoms with Gasteiger partial charge in [-0.05, 0) is 61.3 Å². The van der Waals surface area contributed by atoms with Gasteiger partial charge in [0.05, 0.1) is 0 Å². The Labute approximate surface area is 138 Å². The van der Waals surface area contributed by atoms with E-state index in [-0.39, 0.29) is 18.3 Å². The Bertz CT molecular complexity index is 492. The highest BCUT2D eigenvalue weighted by Crippen LogP contribution is 2.49. The van der Waals surface area contributed by atoms with Crippen LogP contribution < -0.4 is 15.8 Å². The van der Waals surface area contributed by atoms with E-state index in [0.717, 1.165) is 23.3 Å². The second-order valence-electron chi connectivity index (χ2n) is 6.35. The summed E-state index contributed by atoms with van der Waals surface area (Å²) in [7, 11) is 0. The van der Waals surface area contributed by atoms with E-state index in [9.17, 15) is 4.79 Å². The quantitative estimate of drug-likeness (QED) is 0.844. The number of benzene rings is 1. The molecule has 2 bridgehead atoms. The molecule has 3 N–H and O–H groups in total. The minimum Gasteiger partial charge on any atom is -0.492 e. The van der Waals surface area contributed by atoms with Crippen LogP contribution in [-0.4, -0.2) is 19.1 Å². The maximum atomic E-state index is 12.1. The number of nitrogens with one attached hydrogen (secondary N) is 1. The van der Waals surface area contributed by atoms with E-state index in [2.05, 4.69) is 5.32 Å².